The lowest BCUT2D eigenvalue weighted by Crippen LogP contribution is -2.44. The molecule has 136 valence electrons. The van der Waals surface area contributed by atoms with E-state index in [1.807, 2.05) is 20.8 Å². The van der Waals surface area contributed by atoms with Crippen LogP contribution in [0.2, 0.25) is 0 Å². The number of carbonyl (C=O) groups excluding carboxylic acids is 1. The molecular formula is C18H37N3O2. The number of nitrogens with one attached hydrogen (secondary N) is 1. The molecule has 1 aliphatic heterocycles. The summed E-state index contributed by atoms with van der Waals surface area (Å²) in [6.45, 7) is 15.6. The lowest BCUT2D eigenvalue weighted by Gasteiger charge is -2.33. The van der Waals surface area contributed by atoms with Crippen LogP contribution in [-0.2, 0) is 4.74 Å². The van der Waals surface area contributed by atoms with Gasteiger partial charge < -0.3 is 19.9 Å². The van der Waals surface area contributed by atoms with Gasteiger partial charge in [0, 0.05) is 26.2 Å². The SMILES string of the molecule is CC(C)CN1CCC(NCCCN(C)C(=O)OC(C)(C)C)CC1. The van der Waals surface area contributed by atoms with Crippen molar-refractivity contribution in [1.29, 1.82) is 0 Å². The normalized spacial score (nSPS) is 17.5. The maximum absolute atomic E-state index is 11.9. The number of likely N-dealkylation sites (tertiary alicyclic amines) is 1. The largest absolute Gasteiger partial charge is 0.444 e. The van der Waals surface area contributed by atoms with Crippen LogP contribution in [0.5, 0.6) is 0 Å². The van der Waals surface area contributed by atoms with Gasteiger partial charge in [-0.05, 0) is 65.6 Å². The van der Waals surface area contributed by atoms with E-state index in [2.05, 4.69) is 24.1 Å². The van der Waals surface area contributed by atoms with E-state index in [-0.39, 0.29) is 6.09 Å². The van der Waals surface area contributed by atoms with E-state index in [0.717, 1.165) is 25.4 Å². The molecule has 0 atom stereocenters. The number of amides is 1. The Morgan fingerprint density at radius 3 is 2.43 bits per heavy atom. The summed E-state index contributed by atoms with van der Waals surface area (Å²) >= 11 is 0. The van der Waals surface area contributed by atoms with E-state index in [9.17, 15) is 4.79 Å². The van der Waals surface area contributed by atoms with Gasteiger partial charge >= 0.3 is 6.09 Å². The molecule has 1 rings (SSSR count). The molecule has 0 aliphatic carbocycles. The van der Waals surface area contributed by atoms with Crippen LogP contribution in [0.25, 0.3) is 0 Å². The Morgan fingerprint density at radius 1 is 1.30 bits per heavy atom. The molecule has 0 aromatic carbocycles. The van der Waals surface area contributed by atoms with Crippen LogP contribution in [0.4, 0.5) is 4.79 Å². The number of hydrogen-bond donors (Lipinski definition) is 1. The highest BCUT2D eigenvalue weighted by molar-refractivity contribution is 5.67. The molecule has 1 aliphatic rings. The molecule has 0 unspecified atom stereocenters. The van der Waals surface area contributed by atoms with Crippen molar-refractivity contribution in [2.24, 2.45) is 5.92 Å². The summed E-state index contributed by atoms with van der Waals surface area (Å²) in [6.07, 6.45) is 3.19. The average Bonchev–Trinajstić information content (AvgIpc) is 2.42. The third kappa shape index (κ3) is 9.16. The van der Waals surface area contributed by atoms with Crippen LogP contribution in [0.15, 0.2) is 0 Å². The average molecular weight is 328 g/mol. The number of nitrogens with zero attached hydrogens (tertiary/aromatic N) is 2. The Hall–Kier alpha value is -0.810. The van der Waals surface area contributed by atoms with Crippen molar-refractivity contribution < 1.29 is 9.53 Å². The summed E-state index contributed by atoms with van der Waals surface area (Å²) in [5, 5.41) is 3.63. The molecule has 0 saturated carbocycles. The van der Waals surface area contributed by atoms with E-state index < -0.39 is 5.60 Å². The van der Waals surface area contributed by atoms with E-state index in [0.29, 0.717) is 6.04 Å². The number of piperidine rings is 1. The van der Waals surface area contributed by atoms with Crippen molar-refractivity contribution >= 4 is 6.09 Å². The van der Waals surface area contributed by atoms with E-state index >= 15 is 0 Å². The topological polar surface area (TPSA) is 44.8 Å². The van der Waals surface area contributed by atoms with Gasteiger partial charge in [-0.1, -0.05) is 13.8 Å². The highest BCUT2D eigenvalue weighted by Gasteiger charge is 2.20. The van der Waals surface area contributed by atoms with Gasteiger partial charge in [0.15, 0.2) is 0 Å². The maximum atomic E-state index is 11.9. The predicted octanol–water partition coefficient (Wildman–Crippen LogP) is 2.95. The molecule has 1 saturated heterocycles. The fraction of sp³-hybridized carbons (Fsp3) is 0.944. The van der Waals surface area contributed by atoms with Gasteiger partial charge in [0.2, 0.25) is 0 Å². The number of carbonyl (C=O) groups is 1. The molecular weight excluding hydrogens is 290 g/mol. The molecule has 0 spiro atoms. The van der Waals surface area contributed by atoms with Gasteiger partial charge in [-0.25, -0.2) is 4.79 Å². The van der Waals surface area contributed by atoms with Gasteiger partial charge in [0.05, 0.1) is 0 Å². The first-order valence-electron chi connectivity index (χ1n) is 9.07. The van der Waals surface area contributed by atoms with Crippen LogP contribution in [0.3, 0.4) is 0 Å². The molecule has 0 bridgehead atoms. The lowest BCUT2D eigenvalue weighted by molar-refractivity contribution is 0.0297. The van der Waals surface area contributed by atoms with E-state index in [1.54, 1.807) is 11.9 Å². The minimum absolute atomic E-state index is 0.237. The van der Waals surface area contributed by atoms with E-state index in [1.165, 1.54) is 32.5 Å². The third-order valence-corrected chi connectivity index (χ3v) is 4.02. The summed E-state index contributed by atoms with van der Waals surface area (Å²) in [7, 11) is 1.80. The molecule has 1 amide bonds. The number of rotatable bonds is 7. The Balaban J connectivity index is 2.10. The van der Waals surface area contributed by atoms with Gasteiger partial charge in [-0.15, -0.1) is 0 Å². The predicted molar refractivity (Wildman–Crippen MR) is 95.8 cm³/mol. The summed E-state index contributed by atoms with van der Waals surface area (Å²) in [5.74, 6) is 0.753. The Labute approximate surface area is 142 Å². The van der Waals surface area contributed by atoms with Gasteiger partial charge in [-0.3, -0.25) is 0 Å². The van der Waals surface area contributed by atoms with Gasteiger partial charge in [-0.2, -0.15) is 0 Å². The summed E-state index contributed by atoms with van der Waals surface area (Å²) in [5.41, 5.74) is -0.423. The molecule has 1 fully saturated rings. The smallest absolute Gasteiger partial charge is 0.410 e. The fourth-order valence-electron chi connectivity index (χ4n) is 2.89. The minimum Gasteiger partial charge on any atom is -0.444 e. The molecule has 0 aromatic heterocycles. The van der Waals surface area contributed by atoms with Crippen LogP contribution < -0.4 is 5.32 Å². The van der Waals surface area contributed by atoms with Crippen molar-refractivity contribution in [3.05, 3.63) is 0 Å². The summed E-state index contributed by atoms with van der Waals surface area (Å²) in [4.78, 5) is 16.1. The molecule has 23 heavy (non-hydrogen) atoms. The highest BCUT2D eigenvalue weighted by atomic mass is 16.6. The van der Waals surface area contributed by atoms with Crippen LogP contribution in [0.1, 0.15) is 53.9 Å². The standard InChI is InChI=1S/C18H37N3O2/c1-15(2)14-21-12-8-16(9-13-21)19-10-7-11-20(6)17(22)23-18(3,4)5/h15-16,19H,7-14H2,1-6H3. The third-order valence-electron chi connectivity index (χ3n) is 4.02. The highest BCUT2D eigenvalue weighted by Crippen LogP contribution is 2.12. The first kappa shape index (κ1) is 20.2. The summed E-state index contributed by atoms with van der Waals surface area (Å²) < 4.78 is 5.35. The monoisotopic (exact) mass is 327 g/mol. The van der Waals surface area contributed by atoms with Crippen LogP contribution in [0, 0.1) is 5.92 Å². The zero-order chi connectivity index (χ0) is 17.5. The quantitative estimate of drug-likeness (QED) is 0.730. The van der Waals surface area contributed by atoms with Crippen molar-refractivity contribution in [2.45, 2.75) is 65.5 Å². The second-order valence-corrected chi connectivity index (χ2v) is 8.18. The molecule has 0 radical (unpaired) electrons. The van der Waals surface area contributed by atoms with Gasteiger partial charge in [0.25, 0.3) is 0 Å². The van der Waals surface area contributed by atoms with Crippen molar-refractivity contribution in [3.8, 4) is 0 Å². The zero-order valence-electron chi connectivity index (χ0n) is 16.0. The van der Waals surface area contributed by atoms with Crippen molar-refractivity contribution in [2.75, 3.05) is 39.8 Å². The second-order valence-electron chi connectivity index (χ2n) is 8.18. The molecule has 1 heterocycles. The first-order chi connectivity index (χ1) is 10.7. The van der Waals surface area contributed by atoms with E-state index in [4.69, 9.17) is 4.74 Å². The second kappa shape index (κ2) is 9.48. The lowest BCUT2D eigenvalue weighted by atomic mass is 10.0. The fourth-order valence-corrected chi connectivity index (χ4v) is 2.89. The maximum Gasteiger partial charge on any atom is 0.410 e. The Morgan fingerprint density at radius 2 is 1.91 bits per heavy atom. The first-order valence-corrected chi connectivity index (χ1v) is 9.07. The summed E-state index contributed by atoms with van der Waals surface area (Å²) in [6, 6.07) is 0.630. The number of ether oxygens (including phenoxy) is 1. The van der Waals surface area contributed by atoms with Crippen LogP contribution in [-0.4, -0.2) is 67.3 Å². The Kier molecular flexibility index (Phi) is 8.34. The van der Waals surface area contributed by atoms with Gasteiger partial charge in [0.1, 0.15) is 5.60 Å². The van der Waals surface area contributed by atoms with Crippen LogP contribution >= 0.6 is 0 Å². The zero-order valence-corrected chi connectivity index (χ0v) is 16.0. The molecule has 0 aromatic rings. The molecule has 1 N–H and O–H groups in total. The minimum atomic E-state index is -0.423. The molecule has 5 heteroatoms. The van der Waals surface area contributed by atoms with Crippen molar-refractivity contribution in [3.63, 3.8) is 0 Å². The Bertz CT molecular complexity index is 345. The number of hydrogen-bond acceptors (Lipinski definition) is 4. The molecule has 5 nitrogen and oxygen atoms in total. The van der Waals surface area contributed by atoms with Crippen molar-refractivity contribution in [1.82, 2.24) is 15.1 Å².